The fraction of sp³-hybridized carbons (Fsp3) is 0.500. The summed E-state index contributed by atoms with van der Waals surface area (Å²) in [5, 5.41) is 13.7. The van der Waals surface area contributed by atoms with Crippen LogP contribution in [-0.4, -0.2) is 17.4 Å². The quantitative estimate of drug-likeness (QED) is 0.347. The summed E-state index contributed by atoms with van der Waals surface area (Å²) >= 11 is 0. The first-order chi connectivity index (χ1) is 8.97. The van der Waals surface area contributed by atoms with E-state index in [1.54, 1.807) is 0 Å². The number of allylic oxidation sites excluding steroid dienone is 3. The average Bonchev–Trinajstić information content (AvgIpc) is 2.66. The van der Waals surface area contributed by atoms with E-state index in [4.69, 9.17) is 0 Å². The van der Waals surface area contributed by atoms with E-state index in [1.165, 1.54) is 0 Å². The molecule has 1 amide bonds. The lowest BCUT2D eigenvalue weighted by Gasteiger charge is -2.08. The molecule has 0 aliphatic carbocycles. The molecule has 1 aliphatic rings. The summed E-state index contributed by atoms with van der Waals surface area (Å²) in [7, 11) is 0. The highest BCUT2D eigenvalue weighted by Crippen LogP contribution is 2.25. The molecule has 1 aliphatic heterocycles. The van der Waals surface area contributed by atoms with Crippen molar-refractivity contribution in [2.45, 2.75) is 33.1 Å². The van der Waals surface area contributed by atoms with E-state index >= 15 is 0 Å². The molecule has 1 atom stereocenters. The molecule has 0 aromatic rings. The highest BCUT2D eigenvalue weighted by Gasteiger charge is 2.31. The van der Waals surface area contributed by atoms with E-state index in [0.29, 0.717) is 12.1 Å². The van der Waals surface area contributed by atoms with Crippen molar-refractivity contribution in [3.8, 4) is 0 Å². The van der Waals surface area contributed by atoms with Crippen molar-refractivity contribution in [2.75, 3.05) is 6.54 Å². The number of carbonyl (C=O) groups is 1. The van der Waals surface area contributed by atoms with E-state index in [1.807, 2.05) is 26.0 Å². The van der Waals surface area contributed by atoms with E-state index in [-0.39, 0.29) is 29.5 Å². The Balaban J connectivity index is 2.87. The Morgan fingerprint density at radius 2 is 2.26 bits per heavy atom. The van der Waals surface area contributed by atoms with Crippen molar-refractivity contribution in [3.63, 3.8) is 0 Å². The van der Waals surface area contributed by atoms with Gasteiger partial charge in [-0.1, -0.05) is 32.6 Å². The molecule has 104 valence electrons. The molecular weight excluding hydrogens is 244 g/mol. The van der Waals surface area contributed by atoms with Gasteiger partial charge >= 0.3 is 0 Å². The minimum absolute atomic E-state index is 0.0163. The molecule has 1 fully saturated rings. The minimum atomic E-state index is -0.453. The van der Waals surface area contributed by atoms with Gasteiger partial charge < -0.3 is 5.32 Å². The van der Waals surface area contributed by atoms with E-state index in [0.717, 1.165) is 12.8 Å². The SMILES string of the molecule is C=C1CNC(=O)/C1=C(/CC(C)C/C=C\CC)[N+](=O)[O-]. The lowest BCUT2D eigenvalue weighted by molar-refractivity contribution is -0.429. The van der Waals surface area contributed by atoms with Crippen LogP contribution in [0.1, 0.15) is 33.1 Å². The van der Waals surface area contributed by atoms with Gasteiger partial charge in [0.2, 0.25) is 0 Å². The number of nitro groups is 1. The maximum Gasteiger partial charge on any atom is 0.259 e. The summed E-state index contributed by atoms with van der Waals surface area (Å²) in [6, 6.07) is 0. The zero-order valence-corrected chi connectivity index (χ0v) is 11.4. The van der Waals surface area contributed by atoms with Crippen LogP contribution in [0.15, 0.2) is 35.6 Å². The smallest absolute Gasteiger partial charge is 0.259 e. The topological polar surface area (TPSA) is 72.2 Å². The van der Waals surface area contributed by atoms with Gasteiger partial charge in [-0.05, 0) is 24.3 Å². The molecule has 0 bridgehead atoms. The van der Waals surface area contributed by atoms with Crippen LogP contribution in [0, 0.1) is 16.0 Å². The maximum atomic E-state index is 11.6. The third-order valence-electron chi connectivity index (χ3n) is 3.03. The number of amides is 1. The van der Waals surface area contributed by atoms with Crippen LogP contribution in [0.5, 0.6) is 0 Å². The molecule has 1 rings (SSSR count). The molecule has 0 saturated carbocycles. The number of hydrogen-bond acceptors (Lipinski definition) is 3. The minimum Gasteiger partial charge on any atom is -0.348 e. The molecular formula is C14H20N2O3. The fourth-order valence-electron chi connectivity index (χ4n) is 2.04. The van der Waals surface area contributed by atoms with Crippen LogP contribution < -0.4 is 5.32 Å². The Morgan fingerprint density at radius 3 is 2.74 bits per heavy atom. The van der Waals surface area contributed by atoms with Crippen molar-refractivity contribution in [2.24, 2.45) is 5.92 Å². The highest BCUT2D eigenvalue weighted by atomic mass is 16.6. The molecule has 0 radical (unpaired) electrons. The standard InChI is InChI=1S/C14H20N2O3/c1-4-5-6-7-10(2)8-12(16(18)19)13-11(3)9-15-14(13)17/h5-6,10H,3-4,7-9H2,1-2H3,(H,15,17)/b6-5-,13-12-. The summed E-state index contributed by atoms with van der Waals surface area (Å²) < 4.78 is 0. The first-order valence-corrected chi connectivity index (χ1v) is 6.46. The molecule has 1 N–H and O–H groups in total. The van der Waals surface area contributed by atoms with Crippen LogP contribution in [0.25, 0.3) is 0 Å². The van der Waals surface area contributed by atoms with Gasteiger partial charge in [0.15, 0.2) is 0 Å². The van der Waals surface area contributed by atoms with Crippen LogP contribution in [0.4, 0.5) is 0 Å². The van der Waals surface area contributed by atoms with Crippen LogP contribution in [-0.2, 0) is 4.79 Å². The molecule has 5 nitrogen and oxygen atoms in total. The van der Waals surface area contributed by atoms with E-state index in [2.05, 4.69) is 11.9 Å². The Labute approximate surface area is 113 Å². The number of hydrogen-bond donors (Lipinski definition) is 1. The summed E-state index contributed by atoms with van der Waals surface area (Å²) in [6.45, 7) is 8.00. The molecule has 0 spiro atoms. The van der Waals surface area contributed by atoms with Crippen LogP contribution in [0.2, 0.25) is 0 Å². The second-order valence-corrected chi connectivity index (χ2v) is 4.79. The zero-order valence-electron chi connectivity index (χ0n) is 11.4. The van der Waals surface area contributed by atoms with Gasteiger partial charge in [-0.15, -0.1) is 0 Å². The molecule has 1 saturated heterocycles. The van der Waals surface area contributed by atoms with E-state index < -0.39 is 4.92 Å². The monoisotopic (exact) mass is 264 g/mol. The third-order valence-corrected chi connectivity index (χ3v) is 3.03. The fourth-order valence-corrected chi connectivity index (χ4v) is 2.04. The second kappa shape index (κ2) is 6.87. The summed E-state index contributed by atoms with van der Waals surface area (Å²) in [5.41, 5.74) is 0.654. The van der Waals surface area contributed by atoms with Gasteiger partial charge in [0.05, 0.1) is 4.92 Å². The Bertz CT molecular complexity index is 432. The third kappa shape index (κ3) is 4.05. The second-order valence-electron chi connectivity index (χ2n) is 4.79. The zero-order chi connectivity index (χ0) is 14.4. The molecule has 0 aromatic carbocycles. The lowest BCUT2D eigenvalue weighted by Crippen LogP contribution is -2.17. The van der Waals surface area contributed by atoms with Crippen LogP contribution >= 0.6 is 0 Å². The number of nitrogens with one attached hydrogen (secondary N) is 1. The maximum absolute atomic E-state index is 11.6. The number of rotatable bonds is 6. The Hall–Kier alpha value is -1.91. The largest absolute Gasteiger partial charge is 0.348 e. The van der Waals surface area contributed by atoms with Crippen molar-refractivity contribution >= 4 is 5.91 Å². The van der Waals surface area contributed by atoms with Gasteiger partial charge in [-0.25, -0.2) is 0 Å². The first kappa shape index (κ1) is 15.1. The highest BCUT2D eigenvalue weighted by molar-refractivity contribution is 6.01. The molecule has 1 unspecified atom stereocenters. The molecule has 5 heteroatoms. The number of carbonyl (C=O) groups excluding carboxylic acids is 1. The van der Waals surface area contributed by atoms with Gasteiger partial charge in [0.1, 0.15) is 5.57 Å². The van der Waals surface area contributed by atoms with Crippen molar-refractivity contribution < 1.29 is 9.72 Å². The van der Waals surface area contributed by atoms with Crippen molar-refractivity contribution in [1.29, 1.82) is 0 Å². The molecule has 1 heterocycles. The van der Waals surface area contributed by atoms with Gasteiger partial charge in [-0.2, -0.15) is 0 Å². The Kier molecular flexibility index (Phi) is 5.48. The molecule has 0 aromatic heterocycles. The van der Waals surface area contributed by atoms with Gasteiger partial charge in [0.25, 0.3) is 11.6 Å². The lowest BCUT2D eigenvalue weighted by atomic mass is 9.97. The first-order valence-electron chi connectivity index (χ1n) is 6.46. The normalized spacial score (nSPS) is 19.7. The number of nitrogens with zero attached hydrogens (tertiary/aromatic N) is 1. The predicted octanol–water partition coefficient (Wildman–Crippen LogP) is 2.59. The average molecular weight is 264 g/mol. The van der Waals surface area contributed by atoms with Gasteiger partial charge in [0, 0.05) is 13.0 Å². The van der Waals surface area contributed by atoms with E-state index in [9.17, 15) is 14.9 Å². The summed E-state index contributed by atoms with van der Waals surface area (Å²) in [6.07, 6.45) is 6.07. The van der Waals surface area contributed by atoms with Gasteiger partial charge in [-0.3, -0.25) is 14.9 Å². The Morgan fingerprint density at radius 1 is 1.58 bits per heavy atom. The summed E-state index contributed by atoms with van der Waals surface area (Å²) in [5.74, 6) is -0.259. The predicted molar refractivity (Wildman–Crippen MR) is 74.0 cm³/mol. The van der Waals surface area contributed by atoms with Crippen molar-refractivity contribution in [1.82, 2.24) is 5.32 Å². The molecule has 19 heavy (non-hydrogen) atoms. The van der Waals surface area contributed by atoms with Crippen LogP contribution in [0.3, 0.4) is 0 Å². The van der Waals surface area contributed by atoms with Crippen molar-refractivity contribution in [3.05, 3.63) is 45.7 Å². The summed E-state index contributed by atoms with van der Waals surface area (Å²) in [4.78, 5) is 22.3.